The van der Waals surface area contributed by atoms with Gasteiger partial charge in [-0.1, -0.05) is 32.0 Å². The van der Waals surface area contributed by atoms with E-state index in [0.717, 1.165) is 16.5 Å². The second-order valence-corrected chi connectivity index (χ2v) is 9.17. The molecule has 4 atom stereocenters. The van der Waals surface area contributed by atoms with Crippen molar-refractivity contribution in [3.05, 3.63) is 36.0 Å². The number of aromatic amines is 1. The molecule has 4 amide bonds. The third-order valence-corrected chi connectivity index (χ3v) is 5.63. The van der Waals surface area contributed by atoms with Crippen molar-refractivity contribution < 1.29 is 34.2 Å². The van der Waals surface area contributed by atoms with Gasteiger partial charge in [0.2, 0.25) is 23.6 Å². The molecule has 0 aliphatic rings. The maximum absolute atomic E-state index is 12.8. The normalized spacial score (nSPS) is 14.4. The molecule has 13 nitrogen and oxygen atoms in total. The van der Waals surface area contributed by atoms with E-state index in [-0.39, 0.29) is 18.8 Å². The fraction of sp³-hybridized carbons (Fsp3) is 0.458. The zero-order valence-corrected chi connectivity index (χ0v) is 20.7. The van der Waals surface area contributed by atoms with E-state index < -0.39 is 66.8 Å². The first-order valence-corrected chi connectivity index (χ1v) is 11.8. The third kappa shape index (κ3) is 8.58. The Hall–Kier alpha value is -3.97. The van der Waals surface area contributed by atoms with E-state index in [0.29, 0.717) is 0 Å². The number of para-hydroxylation sites is 1. The number of carbonyl (C=O) groups excluding carboxylic acids is 4. The summed E-state index contributed by atoms with van der Waals surface area (Å²) in [5.74, 6) is -4.88. The van der Waals surface area contributed by atoms with Crippen LogP contribution < -0.4 is 27.4 Å². The molecule has 13 heteroatoms. The van der Waals surface area contributed by atoms with Gasteiger partial charge in [-0.15, -0.1) is 0 Å². The number of aliphatic carboxylic acids is 1. The Morgan fingerprint density at radius 3 is 2.14 bits per heavy atom. The molecule has 0 aliphatic heterocycles. The highest BCUT2D eigenvalue weighted by Crippen LogP contribution is 2.18. The maximum Gasteiger partial charge on any atom is 0.326 e. The average molecular weight is 519 g/mol. The fourth-order valence-electron chi connectivity index (χ4n) is 3.75. The van der Waals surface area contributed by atoms with Gasteiger partial charge in [-0.3, -0.25) is 19.2 Å². The molecule has 37 heavy (non-hydrogen) atoms. The Kier molecular flexibility index (Phi) is 10.6. The zero-order chi connectivity index (χ0) is 27.7. The molecule has 0 radical (unpaired) electrons. The van der Waals surface area contributed by atoms with Crippen LogP contribution >= 0.6 is 0 Å². The number of aliphatic hydroxyl groups is 1. The summed E-state index contributed by atoms with van der Waals surface area (Å²) in [6, 6.07) is 2.11. The van der Waals surface area contributed by atoms with Crippen LogP contribution in [0.15, 0.2) is 30.5 Å². The van der Waals surface area contributed by atoms with Gasteiger partial charge >= 0.3 is 5.97 Å². The van der Waals surface area contributed by atoms with Gasteiger partial charge in [-0.05, 0) is 30.4 Å². The number of hydrogen-bond acceptors (Lipinski definition) is 7. The van der Waals surface area contributed by atoms with Gasteiger partial charge in [0.15, 0.2) is 0 Å². The highest BCUT2D eigenvalue weighted by atomic mass is 16.4. The standard InChI is InChI=1S/C24H34N6O7/c1-12(2)7-18(24(36)37)29-23(35)19(11-31)30-22(34)17(9-20(26)32)28-21(33)15(25)8-13-10-27-16-6-4-3-5-14(13)16/h3-6,10,12,15,17-19,27,31H,7-9,11,25H2,1-2H3,(H2,26,32)(H,28,33)(H,29,35)(H,30,34)(H,36,37). The summed E-state index contributed by atoms with van der Waals surface area (Å²) in [4.78, 5) is 64.1. The molecule has 0 aliphatic carbocycles. The zero-order valence-electron chi connectivity index (χ0n) is 20.7. The highest BCUT2D eigenvalue weighted by molar-refractivity contribution is 5.96. The van der Waals surface area contributed by atoms with E-state index in [1.807, 2.05) is 24.3 Å². The number of carboxylic acids is 1. The van der Waals surface area contributed by atoms with Gasteiger partial charge in [0.1, 0.15) is 18.1 Å². The monoisotopic (exact) mass is 518 g/mol. The summed E-state index contributed by atoms with van der Waals surface area (Å²) in [5, 5.41) is 26.7. The second kappa shape index (κ2) is 13.4. The molecule has 1 aromatic heterocycles. The largest absolute Gasteiger partial charge is 0.480 e. The Labute approximate surface area is 213 Å². The van der Waals surface area contributed by atoms with Crippen LogP contribution in [-0.2, 0) is 30.4 Å². The van der Waals surface area contributed by atoms with Crippen molar-refractivity contribution in [2.45, 2.75) is 57.3 Å². The number of carbonyl (C=O) groups is 5. The van der Waals surface area contributed by atoms with Crippen LogP contribution in [0.25, 0.3) is 10.9 Å². The molecule has 1 heterocycles. The number of primary amides is 1. The molecule has 0 saturated heterocycles. The lowest BCUT2D eigenvalue weighted by Gasteiger charge is -2.24. The van der Waals surface area contributed by atoms with Crippen LogP contribution in [0.3, 0.4) is 0 Å². The quantitative estimate of drug-likeness (QED) is 0.146. The minimum Gasteiger partial charge on any atom is -0.480 e. The Bertz CT molecular complexity index is 1130. The Balaban J connectivity index is 2.07. The maximum atomic E-state index is 12.8. The molecule has 202 valence electrons. The lowest BCUT2D eigenvalue weighted by Crippen LogP contribution is -2.58. The predicted octanol–water partition coefficient (Wildman–Crippen LogP) is -1.51. The van der Waals surface area contributed by atoms with Gasteiger partial charge < -0.3 is 42.6 Å². The number of aliphatic hydroxyl groups excluding tert-OH is 1. The van der Waals surface area contributed by atoms with Crippen molar-refractivity contribution in [3.63, 3.8) is 0 Å². The summed E-state index contributed by atoms with van der Waals surface area (Å²) in [6.45, 7) is 2.68. The van der Waals surface area contributed by atoms with Gasteiger partial charge in [0, 0.05) is 17.1 Å². The second-order valence-electron chi connectivity index (χ2n) is 9.17. The SMILES string of the molecule is CC(C)CC(NC(=O)C(CO)NC(=O)C(CC(N)=O)NC(=O)C(N)Cc1c[nH]c2ccccc12)C(=O)O. The molecule has 1 aromatic carbocycles. The summed E-state index contributed by atoms with van der Waals surface area (Å²) in [7, 11) is 0. The van der Waals surface area contributed by atoms with Crippen molar-refractivity contribution in [2.75, 3.05) is 6.61 Å². The number of H-pyrrole nitrogens is 1. The van der Waals surface area contributed by atoms with Crippen molar-refractivity contribution in [1.29, 1.82) is 0 Å². The highest BCUT2D eigenvalue weighted by Gasteiger charge is 2.31. The Morgan fingerprint density at radius 2 is 1.54 bits per heavy atom. The van der Waals surface area contributed by atoms with E-state index in [1.165, 1.54) is 0 Å². The van der Waals surface area contributed by atoms with Crippen LogP contribution in [0, 0.1) is 5.92 Å². The molecule has 0 fully saturated rings. The smallest absolute Gasteiger partial charge is 0.326 e. The van der Waals surface area contributed by atoms with Gasteiger partial charge in [-0.2, -0.15) is 0 Å². The number of carboxylic acid groups (broad SMARTS) is 1. The molecule has 0 bridgehead atoms. The van der Waals surface area contributed by atoms with Crippen LogP contribution in [0.2, 0.25) is 0 Å². The summed E-state index contributed by atoms with van der Waals surface area (Å²) < 4.78 is 0. The number of nitrogens with one attached hydrogen (secondary N) is 4. The van der Waals surface area contributed by atoms with Crippen molar-refractivity contribution in [1.82, 2.24) is 20.9 Å². The first kappa shape index (κ1) is 29.3. The third-order valence-electron chi connectivity index (χ3n) is 5.63. The van der Waals surface area contributed by atoms with E-state index >= 15 is 0 Å². The minimum absolute atomic E-state index is 0.0489. The summed E-state index contributed by atoms with van der Waals surface area (Å²) in [5.41, 5.74) is 12.9. The lowest BCUT2D eigenvalue weighted by molar-refractivity contribution is -0.143. The minimum atomic E-state index is -1.53. The number of aromatic nitrogens is 1. The number of amides is 4. The summed E-state index contributed by atoms with van der Waals surface area (Å²) in [6.07, 6.45) is 1.39. The molecule has 10 N–H and O–H groups in total. The number of hydrogen-bond donors (Lipinski definition) is 8. The van der Waals surface area contributed by atoms with E-state index in [9.17, 15) is 34.2 Å². The first-order valence-electron chi connectivity index (χ1n) is 11.8. The van der Waals surface area contributed by atoms with Crippen LogP contribution in [0.4, 0.5) is 0 Å². The van der Waals surface area contributed by atoms with Gasteiger partial charge in [0.25, 0.3) is 0 Å². The predicted molar refractivity (Wildman–Crippen MR) is 134 cm³/mol. The van der Waals surface area contributed by atoms with Crippen LogP contribution in [0.1, 0.15) is 32.3 Å². The average Bonchev–Trinajstić information content (AvgIpc) is 3.23. The lowest BCUT2D eigenvalue weighted by atomic mass is 10.0. The van der Waals surface area contributed by atoms with Crippen molar-refractivity contribution in [2.24, 2.45) is 17.4 Å². The van der Waals surface area contributed by atoms with Crippen LogP contribution in [0.5, 0.6) is 0 Å². The number of rotatable bonds is 14. The van der Waals surface area contributed by atoms with E-state index in [4.69, 9.17) is 11.5 Å². The number of nitrogens with two attached hydrogens (primary N) is 2. The first-order chi connectivity index (χ1) is 17.4. The summed E-state index contributed by atoms with van der Waals surface area (Å²) >= 11 is 0. The Morgan fingerprint density at radius 1 is 0.946 bits per heavy atom. The van der Waals surface area contributed by atoms with Gasteiger partial charge in [-0.25, -0.2) is 4.79 Å². The van der Waals surface area contributed by atoms with E-state index in [1.54, 1.807) is 20.0 Å². The van der Waals surface area contributed by atoms with Crippen LogP contribution in [-0.4, -0.2) is 75.6 Å². The molecular weight excluding hydrogens is 484 g/mol. The number of benzene rings is 1. The van der Waals surface area contributed by atoms with Crippen molar-refractivity contribution >= 4 is 40.5 Å². The topological polar surface area (TPSA) is 230 Å². The number of fused-ring (bicyclic) bond motifs is 1. The van der Waals surface area contributed by atoms with Crippen molar-refractivity contribution in [3.8, 4) is 0 Å². The van der Waals surface area contributed by atoms with E-state index in [2.05, 4.69) is 20.9 Å². The molecule has 2 rings (SSSR count). The molecule has 0 spiro atoms. The molecular formula is C24H34N6O7. The fourth-order valence-corrected chi connectivity index (χ4v) is 3.75. The van der Waals surface area contributed by atoms with Gasteiger partial charge in [0.05, 0.1) is 19.1 Å². The molecule has 2 aromatic rings. The molecule has 4 unspecified atom stereocenters. The molecule has 0 saturated carbocycles.